The lowest BCUT2D eigenvalue weighted by Gasteiger charge is -2.01. The first-order valence-corrected chi connectivity index (χ1v) is 6.37. The molecule has 16 heavy (non-hydrogen) atoms. The van der Waals surface area contributed by atoms with Crippen LogP contribution in [0.25, 0.3) is 0 Å². The maximum Gasteiger partial charge on any atom is 0.163 e. The fraction of sp³-hybridized carbons (Fsp3) is 0.385. The molecule has 1 rings (SSSR count). The summed E-state index contributed by atoms with van der Waals surface area (Å²) in [6.45, 7) is 3.60. The molecule has 0 spiro atoms. The summed E-state index contributed by atoms with van der Waals surface area (Å²) < 4.78 is 0. The van der Waals surface area contributed by atoms with Crippen molar-refractivity contribution in [1.82, 2.24) is 0 Å². The predicted octanol–water partition coefficient (Wildman–Crippen LogP) is 3.35. The van der Waals surface area contributed by atoms with Crippen molar-refractivity contribution in [2.45, 2.75) is 31.6 Å². The van der Waals surface area contributed by atoms with E-state index < -0.39 is 0 Å². The van der Waals surface area contributed by atoms with E-state index in [4.69, 9.17) is 0 Å². The Kier molecular flexibility index (Phi) is 5.26. The average Bonchev–Trinajstić information content (AvgIpc) is 2.27. The van der Waals surface area contributed by atoms with Crippen molar-refractivity contribution < 1.29 is 9.59 Å². The summed E-state index contributed by atoms with van der Waals surface area (Å²) in [6.07, 6.45) is 0.653. The molecule has 0 heterocycles. The topological polar surface area (TPSA) is 34.1 Å². The normalized spacial score (nSPS) is 10.1. The maximum absolute atomic E-state index is 11.7. The quantitative estimate of drug-likeness (QED) is 0.561. The molecule has 0 fully saturated rings. The van der Waals surface area contributed by atoms with E-state index >= 15 is 0 Å². The Morgan fingerprint density at radius 2 is 1.75 bits per heavy atom. The SMILES string of the molecule is CCSc1ccc(C(=O)CCC(C)=O)cc1. The Balaban J connectivity index is 2.59. The van der Waals surface area contributed by atoms with Crippen LogP contribution in [0.3, 0.4) is 0 Å². The van der Waals surface area contributed by atoms with Gasteiger partial charge in [0.05, 0.1) is 0 Å². The zero-order valence-corrected chi connectivity index (χ0v) is 10.5. The second kappa shape index (κ2) is 6.48. The van der Waals surface area contributed by atoms with Gasteiger partial charge in [-0.05, 0) is 24.8 Å². The van der Waals surface area contributed by atoms with Crippen molar-refractivity contribution in [2.75, 3.05) is 5.75 Å². The third-order valence-electron chi connectivity index (χ3n) is 2.19. The molecule has 86 valence electrons. The van der Waals surface area contributed by atoms with Crippen LogP contribution in [0, 0.1) is 0 Å². The van der Waals surface area contributed by atoms with Crippen LogP contribution in [-0.4, -0.2) is 17.3 Å². The second-order valence-corrected chi connectivity index (χ2v) is 4.92. The Morgan fingerprint density at radius 1 is 1.12 bits per heavy atom. The minimum Gasteiger partial charge on any atom is -0.300 e. The highest BCUT2D eigenvalue weighted by molar-refractivity contribution is 7.99. The molecule has 0 aromatic heterocycles. The highest BCUT2D eigenvalue weighted by atomic mass is 32.2. The van der Waals surface area contributed by atoms with Gasteiger partial charge in [-0.2, -0.15) is 0 Å². The molecular weight excluding hydrogens is 220 g/mol. The van der Waals surface area contributed by atoms with Gasteiger partial charge in [0.2, 0.25) is 0 Å². The van der Waals surface area contributed by atoms with Crippen molar-refractivity contribution >= 4 is 23.3 Å². The minimum absolute atomic E-state index is 0.0447. The highest BCUT2D eigenvalue weighted by Gasteiger charge is 2.06. The summed E-state index contributed by atoms with van der Waals surface area (Å²) >= 11 is 1.75. The largest absolute Gasteiger partial charge is 0.300 e. The monoisotopic (exact) mass is 236 g/mol. The molecule has 0 aliphatic carbocycles. The van der Waals surface area contributed by atoms with Gasteiger partial charge in [0.15, 0.2) is 5.78 Å². The highest BCUT2D eigenvalue weighted by Crippen LogP contribution is 2.18. The van der Waals surface area contributed by atoms with Crippen LogP contribution in [0.1, 0.15) is 37.0 Å². The number of carbonyl (C=O) groups is 2. The predicted molar refractivity (Wildman–Crippen MR) is 67.1 cm³/mol. The molecule has 1 aromatic rings. The Morgan fingerprint density at radius 3 is 2.25 bits per heavy atom. The van der Waals surface area contributed by atoms with Gasteiger partial charge in [-0.3, -0.25) is 4.79 Å². The summed E-state index contributed by atoms with van der Waals surface area (Å²) in [7, 11) is 0. The number of rotatable bonds is 6. The Bertz CT molecular complexity index is 368. The van der Waals surface area contributed by atoms with E-state index in [0.717, 1.165) is 5.75 Å². The minimum atomic E-state index is 0.0447. The lowest BCUT2D eigenvalue weighted by Crippen LogP contribution is -2.01. The first-order chi connectivity index (χ1) is 7.63. The van der Waals surface area contributed by atoms with E-state index in [0.29, 0.717) is 18.4 Å². The van der Waals surface area contributed by atoms with Crippen molar-refractivity contribution in [3.63, 3.8) is 0 Å². The summed E-state index contributed by atoms with van der Waals surface area (Å²) in [5.41, 5.74) is 0.696. The van der Waals surface area contributed by atoms with Gasteiger partial charge >= 0.3 is 0 Å². The molecule has 0 N–H and O–H groups in total. The standard InChI is InChI=1S/C13H16O2S/c1-3-16-12-7-5-11(6-8-12)13(15)9-4-10(2)14/h5-8H,3-4,9H2,1-2H3. The molecule has 0 aliphatic heterocycles. The van der Waals surface area contributed by atoms with E-state index in [9.17, 15) is 9.59 Å². The van der Waals surface area contributed by atoms with Crippen LogP contribution in [-0.2, 0) is 4.79 Å². The van der Waals surface area contributed by atoms with E-state index in [-0.39, 0.29) is 11.6 Å². The number of carbonyl (C=O) groups excluding carboxylic acids is 2. The lowest BCUT2D eigenvalue weighted by molar-refractivity contribution is -0.116. The number of benzene rings is 1. The van der Waals surface area contributed by atoms with Crippen LogP contribution in [0.5, 0.6) is 0 Å². The summed E-state index contributed by atoms with van der Waals surface area (Å²) in [5.74, 6) is 1.13. The van der Waals surface area contributed by atoms with Crippen molar-refractivity contribution in [2.24, 2.45) is 0 Å². The van der Waals surface area contributed by atoms with Gasteiger partial charge in [-0.25, -0.2) is 0 Å². The number of ketones is 2. The van der Waals surface area contributed by atoms with Crippen LogP contribution in [0.4, 0.5) is 0 Å². The third-order valence-corrected chi connectivity index (χ3v) is 3.09. The fourth-order valence-electron chi connectivity index (χ4n) is 1.34. The van der Waals surface area contributed by atoms with Crippen LogP contribution >= 0.6 is 11.8 Å². The van der Waals surface area contributed by atoms with E-state index in [1.165, 1.54) is 11.8 Å². The van der Waals surface area contributed by atoms with E-state index in [1.807, 2.05) is 24.3 Å². The molecule has 0 saturated carbocycles. The molecular formula is C13H16O2S. The van der Waals surface area contributed by atoms with Crippen molar-refractivity contribution in [3.05, 3.63) is 29.8 Å². The first kappa shape index (κ1) is 13.0. The molecule has 0 unspecified atom stereocenters. The molecule has 0 atom stereocenters. The van der Waals surface area contributed by atoms with Crippen LogP contribution < -0.4 is 0 Å². The number of Topliss-reactive ketones (excluding diaryl/α,β-unsaturated/α-hetero) is 2. The van der Waals surface area contributed by atoms with Gasteiger partial charge in [0.1, 0.15) is 5.78 Å². The third kappa shape index (κ3) is 4.19. The average molecular weight is 236 g/mol. The van der Waals surface area contributed by atoms with Crippen molar-refractivity contribution in [3.8, 4) is 0 Å². The van der Waals surface area contributed by atoms with Gasteiger partial charge < -0.3 is 4.79 Å². The molecule has 0 radical (unpaired) electrons. The van der Waals surface area contributed by atoms with Gasteiger partial charge in [0.25, 0.3) is 0 Å². The zero-order chi connectivity index (χ0) is 12.0. The number of thioether (sulfide) groups is 1. The summed E-state index contributed by atoms with van der Waals surface area (Å²) in [6, 6.07) is 7.57. The molecule has 0 bridgehead atoms. The van der Waals surface area contributed by atoms with E-state index in [2.05, 4.69) is 6.92 Å². The molecule has 3 heteroatoms. The van der Waals surface area contributed by atoms with Gasteiger partial charge in [-0.15, -0.1) is 11.8 Å². The fourth-order valence-corrected chi connectivity index (χ4v) is 2.00. The maximum atomic E-state index is 11.7. The Hall–Kier alpha value is -1.09. The molecule has 2 nitrogen and oxygen atoms in total. The van der Waals surface area contributed by atoms with E-state index in [1.54, 1.807) is 11.8 Å². The van der Waals surface area contributed by atoms with Crippen LogP contribution in [0.2, 0.25) is 0 Å². The smallest absolute Gasteiger partial charge is 0.163 e. The second-order valence-electron chi connectivity index (χ2n) is 3.58. The van der Waals surface area contributed by atoms with Gasteiger partial charge in [-0.1, -0.05) is 19.1 Å². The molecule has 0 saturated heterocycles. The Labute approximate surface area is 100 Å². The van der Waals surface area contributed by atoms with Crippen molar-refractivity contribution in [1.29, 1.82) is 0 Å². The number of hydrogen-bond donors (Lipinski definition) is 0. The summed E-state index contributed by atoms with van der Waals surface area (Å²) in [5, 5.41) is 0. The molecule has 0 aliphatic rings. The first-order valence-electron chi connectivity index (χ1n) is 5.39. The zero-order valence-electron chi connectivity index (χ0n) is 9.66. The molecule has 1 aromatic carbocycles. The lowest BCUT2D eigenvalue weighted by atomic mass is 10.1. The molecule has 0 amide bonds. The summed E-state index contributed by atoms with van der Waals surface area (Å²) in [4.78, 5) is 23.6. The van der Waals surface area contributed by atoms with Gasteiger partial charge in [0, 0.05) is 23.3 Å². The van der Waals surface area contributed by atoms with Crippen LogP contribution in [0.15, 0.2) is 29.2 Å². The number of hydrogen-bond acceptors (Lipinski definition) is 3.